The summed E-state index contributed by atoms with van der Waals surface area (Å²) < 4.78 is 5.97. The molecular weight excluding hydrogens is 504 g/mol. The predicted molar refractivity (Wildman–Crippen MR) is 145 cm³/mol. The van der Waals surface area contributed by atoms with E-state index in [1.165, 1.54) is 5.56 Å². The number of halogens is 1. The second-order valence-electron chi connectivity index (χ2n) is 9.06. The lowest BCUT2D eigenvalue weighted by atomic mass is 10.1. The normalized spacial score (nSPS) is 14.7. The Hall–Kier alpha value is -3.86. The number of amides is 1. The van der Waals surface area contributed by atoms with Crippen LogP contribution in [0.1, 0.15) is 22.3 Å². The number of benzene rings is 2. The number of H-pyrrole nitrogens is 1. The molecule has 3 heterocycles. The molecule has 1 saturated heterocycles. The van der Waals surface area contributed by atoms with Crippen molar-refractivity contribution >= 4 is 23.5 Å². The zero-order valence-corrected chi connectivity index (χ0v) is 21.6. The van der Waals surface area contributed by atoms with Crippen LogP contribution in [-0.2, 0) is 6.54 Å². The Labute approximate surface area is 226 Å². The molecule has 2 aromatic carbocycles. The van der Waals surface area contributed by atoms with Crippen molar-refractivity contribution in [3.63, 3.8) is 0 Å². The molecule has 2 N–H and O–H groups in total. The van der Waals surface area contributed by atoms with Gasteiger partial charge in [-0.25, -0.2) is 0 Å². The van der Waals surface area contributed by atoms with Gasteiger partial charge in [-0.2, -0.15) is 5.21 Å². The van der Waals surface area contributed by atoms with E-state index in [4.69, 9.17) is 16.3 Å². The maximum atomic E-state index is 12.4. The zero-order chi connectivity index (χ0) is 26.2. The van der Waals surface area contributed by atoms with Gasteiger partial charge >= 0.3 is 0 Å². The van der Waals surface area contributed by atoms with Gasteiger partial charge in [0.2, 0.25) is 0 Å². The fourth-order valence-electron chi connectivity index (χ4n) is 4.49. The van der Waals surface area contributed by atoms with E-state index in [1.54, 1.807) is 18.2 Å². The van der Waals surface area contributed by atoms with Gasteiger partial charge in [0.05, 0.1) is 5.69 Å². The van der Waals surface area contributed by atoms with Crippen LogP contribution in [0.4, 0.5) is 5.95 Å². The van der Waals surface area contributed by atoms with E-state index in [2.05, 4.69) is 46.8 Å². The van der Waals surface area contributed by atoms with Crippen LogP contribution in [0.5, 0.6) is 5.75 Å². The van der Waals surface area contributed by atoms with Crippen LogP contribution in [0.3, 0.4) is 0 Å². The molecule has 0 atom stereocenters. The molecule has 196 valence electrons. The number of aromatic amines is 1. The van der Waals surface area contributed by atoms with Crippen molar-refractivity contribution in [3.05, 3.63) is 83.0 Å². The summed E-state index contributed by atoms with van der Waals surface area (Å²) in [6, 6.07) is 19.1. The molecule has 1 fully saturated rings. The van der Waals surface area contributed by atoms with Crippen molar-refractivity contribution in [1.82, 2.24) is 35.4 Å². The lowest BCUT2D eigenvalue weighted by molar-refractivity contribution is 0.102. The summed E-state index contributed by atoms with van der Waals surface area (Å²) in [7, 11) is 0. The van der Waals surface area contributed by atoms with Gasteiger partial charge < -0.3 is 4.74 Å². The van der Waals surface area contributed by atoms with E-state index in [-0.39, 0.29) is 11.9 Å². The summed E-state index contributed by atoms with van der Waals surface area (Å²) in [4.78, 5) is 22.0. The lowest BCUT2D eigenvalue weighted by Crippen LogP contribution is -2.33. The smallest absolute Gasteiger partial charge is 0.270 e. The van der Waals surface area contributed by atoms with Crippen LogP contribution < -0.4 is 10.1 Å². The van der Waals surface area contributed by atoms with Gasteiger partial charge in [-0.3, -0.25) is 24.9 Å². The third-order valence-electron chi connectivity index (χ3n) is 6.43. The number of hydrogen-bond donors (Lipinski definition) is 2. The maximum Gasteiger partial charge on any atom is 0.270 e. The van der Waals surface area contributed by atoms with Crippen LogP contribution >= 0.6 is 11.6 Å². The molecule has 1 aliphatic rings. The average Bonchev–Trinajstić information content (AvgIpc) is 3.35. The summed E-state index contributed by atoms with van der Waals surface area (Å²) in [6.45, 7) is 6.20. The maximum absolute atomic E-state index is 12.4. The number of nitrogens with zero attached hydrogens (tertiary/aromatic N) is 6. The van der Waals surface area contributed by atoms with E-state index < -0.39 is 0 Å². The van der Waals surface area contributed by atoms with Crippen molar-refractivity contribution in [2.45, 2.75) is 13.0 Å². The molecule has 0 bridgehead atoms. The number of carbonyl (C=O) groups is 1. The van der Waals surface area contributed by atoms with E-state index in [0.717, 1.165) is 62.0 Å². The minimum absolute atomic E-state index is 0.126. The SMILES string of the molecule is O=C(Nc1nn[nH]n1)c1cccc(OCCN2CCCN(Cc3cccnc3-c3ccc(Cl)cc3)CC2)c1. The number of ether oxygens (including phenoxy) is 1. The van der Waals surface area contributed by atoms with Crippen molar-refractivity contribution in [3.8, 4) is 17.0 Å². The molecule has 2 aromatic heterocycles. The van der Waals surface area contributed by atoms with Gasteiger partial charge in [0.25, 0.3) is 11.9 Å². The first-order valence-corrected chi connectivity index (χ1v) is 12.9. The Morgan fingerprint density at radius 2 is 1.87 bits per heavy atom. The summed E-state index contributed by atoms with van der Waals surface area (Å²) in [6.07, 6.45) is 2.93. The first kappa shape index (κ1) is 25.8. The minimum atomic E-state index is -0.322. The quantitative estimate of drug-likeness (QED) is 0.335. The standard InChI is InChI=1S/C27H29ClN8O2/c28-23-9-7-20(8-10-23)25-22(5-2-11-29-25)19-36-13-3-12-35(14-15-36)16-17-38-24-6-1-4-21(18-24)26(37)30-27-31-33-34-32-27/h1-2,4-11,18H,3,12-17,19H2,(H2,30,31,32,33,34,37). The van der Waals surface area contributed by atoms with E-state index in [1.807, 2.05) is 42.6 Å². The third-order valence-corrected chi connectivity index (χ3v) is 6.68. The summed E-state index contributed by atoms with van der Waals surface area (Å²) in [5.41, 5.74) is 3.77. The van der Waals surface area contributed by atoms with Gasteiger partial charge in [-0.05, 0) is 66.7 Å². The third kappa shape index (κ3) is 6.91. The molecule has 11 heteroatoms. The number of aromatic nitrogens is 5. The minimum Gasteiger partial charge on any atom is -0.492 e. The van der Waals surface area contributed by atoms with Crippen molar-refractivity contribution < 1.29 is 9.53 Å². The number of pyridine rings is 1. The second-order valence-corrected chi connectivity index (χ2v) is 9.49. The van der Waals surface area contributed by atoms with Gasteiger partial charge in [0, 0.05) is 48.5 Å². The lowest BCUT2D eigenvalue weighted by Gasteiger charge is -2.22. The number of anilines is 1. The van der Waals surface area contributed by atoms with Crippen molar-refractivity contribution in [2.24, 2.45) is 0 Å². The fraction of sp³-hybridized carbons (Fsp3) is 0.296. The van der Waals surface area contributed by atoms with Crippen molar-refractivity contribution in [1.29, 1.82) is 0 Å². The number of rotatable bonds is 9. The predicted octanol–water partition coefficient (Wildman–Crippen LogP) is 3.75. The molecule has 4 aromatic rings. The summed E-state index contributed by atoms with van der Waals surface area (Å²) in [5.74, 6) is 0.451. The highest BCUT2D eigenvalue weighted by atomic mass is 35.5. The molecule has 0 unspecified atom stereocenters. The number of carbonyl (C=O) groups excluding carboxylic acids is 1. The van der Waals surface area contributed by atoms with E-state index in [9.17, 15) is 4.79 Å². The van der Waals surface area contributed by atoms with Gasteiger partial charge in [0.15, 0.2) is 0 Å². The monoisotopic (exact) mass is 532 g/mol. The molecule has 0 spiro atoms. The van der Waals surface area contributed by atoms with Crippen LogP contribution in [0.25, 0.3) is 11.3 Å². The molecule has 5 rings (SSSR count). The summed E-state index contributed by atoms with van der Waals surface area (Å²) in [5, 5.41) is 16.5. The zero-order valence-electron chi connectivity index (χ0n) is 20.9. The molecule has 1 aliphatic heterocycles. The first-order valence-electron chi connectivity index (χ1n) is 12.6. The Bertz CT molecular complexity index is 1330. The van der Waals surface area contributed by atoms with Crippen LogP contribution in [0.2, 0.25) is 5.02 Å². The number of nitrogens with one attached hydrogen (secondary N) is 2. The molecule has 1 amide bonds. The van der Waals surface area contributed by atoms with E-state index in [0.29, 0.717) is 17.9 Å². The molecular formula is C27H29ClN8O2. The molecule has 0 saturated carbocycles. The molecule has 0 radical (unpaired) electrons. The number of tetrazole rings is 1. The van der Waals surface area contributed by atoms with Crippen molar-refractivity contribution in [2.75, 3.05) is 44.6 Å². The second kappa shape index (κ2) is 12.6. The highest BCUT2D eigenvalue weighted by molar-refractivity contribution is 6.30. The molecule has 38 heavy (non-hydrogen) atoms. The Kier molecular flexibility index (Phi) is 8.54. The van der Waals surface area contributed by atoms with Crippen LogP contribution in [-0.4, -0.2) is 80.6 Å². The molecule has 0 aliphatic carbocycles. The fourth-order valence-corrected chi connectivity index (χ4v) is 4.62. The van der Waals surface area contributed by atoms with Crippen LogP contribution in [0, 0.1) is 0 Å². The highest BCUT2D eigenvalue weighted by Gasteiger charge is 2.17. The Balaban J connectivity index is 1.11. The highest BCUT2D eigenvalue weighted by Crippen LogP contribution is 2.24. The Morgan fingerprint density at radius 1 is 1.03 bits per heavy atom. The molecule has 10 nitrogen and oxygen atoms in total. The first-order chi connectivity index (χ1) is 18.6. The Morgan fingerprint density at radius 3 is 2.71 bits per heavy atom. The average molecular weight is 533 g/mol. The summed E-state index contributed by atoms with van der Waals surface area (Å²) >= 11 is 6.07. The topological polar surface area (TPSA) is 112 Å². The van der Waals surface area contributed by atoms with Gasteiger partial charge in [0.1, 0.15) is 12.4 Å². The van der Waals surface area contributed by atoms with Crippen LogP contribution in [0.15, 0.2) is 66.9 Å². The number of hydrogen-bond acceptors (Lipinski definition) is 8. The van der Waals surface area contributed by atoms with Gasteiger partial charge in [-0.1, -0.05) is 41.0 Å². The van der Waals surface area contributed by atoms with Gasteiger partial charge in [-0.15, -0.1) is 5.10 Å². The van der Waals surface area contributed by atoms with E-state index >= 15 is 0 Å². The largest absolute Gasteiger partial charge is 0.492 e.